The maximum absolute atomic E-state index is 12.6. The first-order valence-corrected chi connectivity index (χ1v) is 10.4. The highest BCUT2D eigenvalue weighted by molar-refractivity contribution is 5.88. The van der Waals surface area contributed by atoms with Gasteiger partial charge in [0, 0.05) is 25.1 Å². The molecule has 1 unspecified atom stereocenters. The van der Waals surface area contributed by atoms with Gasteiger partial charge in [0.2, 0.25) is 0 Å². The summed E-state index contributed by atoms with van der Waals surface area (Å²) < 4.78 is 13.2. The molecule has 1 saturated heterocycles. The molecule has 160 valence electrons. The van der Waals surface area contributed by atoms with E-state index in [1.807, 2.05) is 18.2 Å². The third-order valence-electron chi connectivity index (χ3n) is 5.92. The van der Waals surface area contributed by atoms with Gasteiger partial charge in [0.15, 0.2) is 0 Å². The molecule has 0 amide bonds. The standard InChI is InChI=1S/C25H31NO4/c1-17(2)8-6-9-18(3)14-22-25(16-23(27)30-22)15-20(12-11-19(25)4)29-24(28)21-10-7-13-26(21)5/h7-8,10-14,20,22H,4,6,9,15-16H2,1-3,5H3/b18-14+/t20-,22-,25?/m1/s1. The SMILES string of the molecule is C=C1C=C[C@@H](OC(=O)c2cccn2C)CC12CC(=O)O[C@@H]2/C=C(\C)CCC=C(C)C. The lowest BCUT2D eigenvalue weighted by molar-refractivity contribution is -0.140. The van der Waals surface area contributed by atoms with Gasteiger partial charge in [-0.05, 0) is 63.5 Å². The van der Waals surface area contributed by atoms with Gasteiger partial charge in [0.05, 0.1) is 6.42 Å². The van der Waals surface area contributed by atoms with Crippen LogP contribution in [0.1, 0.15) is 56.9 Å². The lowest BCUT2D eigenvalue weighted by Gasteiger charge is -2.37. The van der Waals surface area contributed by atoms with Gasteiger partial charge in [0.1, 0.15) is 17.9 Å². The van der Waals surface area contributed by atoms with Crippen LogP contribution < -0.4 is 0 Å². The Labute approximate surface area is 178 Å². The van der Waals surface area contributed by atoms with Crippen LogP contribution in [0.5, 0.6) is 0 Å². The van der Waals surface area contributed by atoms with Crippen LogP contribution in [-0.4, -0.2) is 28.7 Å². The molecule has 5 heteroatoms. The molecule has 0 N–H and O–H groups in total. The molecule has 3 rings (SSSR count). The number of rotatable bonds is 6. The minimum absolute atomic E-state index is 0.239. The van der Waals surface area contributed by atoms with E-state index < -0.39 is 17.6 Å². The molecule has 0 radical (unpaired) electrons. The lowest BCUT2D eigenvalue weighted by Crippen LogP contribution is -2.38. The second-order valence-electron chi connectivity index (χ2n) is 8.61. The lowest BCUT2D eigenvalue weighted by atomic mass is 9.68. The van der Waals surface area contributed by atoms with E-state index in [1.54, 1.807) is 29.9 Å². The van der Waals surface area contributed by atoms with Crippen molar-refractivity contribution in [1.82, 2.24) is 4.57 Å². The summed E-state index contributed by atoms with van der Waals surface area (Å²) in [5.41, 5.74) is 3.22. The van der Waals surface area contributed by atoms with E-state index in [9.17, 15) is 9.59 Å². The number of carbonyl (C=O) groups is 2. The number of aromatic nitrogens is 1. The van der Waals surface area contributed by atoms with Crippen molar-refractivity contribution in [3.8, 4) is 0 Å². The second-order valence-corrected chi connectivity index (χ2v) is 8.61. The first kappa shape index (κ1) is 21.9. The number of esters is 2. The van der Waals surface area contributed by atoms with Crippen molar-refractivity contribution < 1.29 is 19.1 Å². The quantitative estimate of drug-likeness (QED) is 0.487. The van der Waals surface area contributed by atoms with Crippen molar-refractivity contribution in [3.63, 3.8) is 0 Å². The number of hydrogen-bond donors (Lipinski definition) is 0. The van der Waals surface area contributed by atoms with Crippen molar-refractivity contribution in [2.75, 3.05) is 0 Å². The number of cyclic esters (lactones) is 1. The molecule has 3 atom stereocenters. The van der Waals surface area contributed by atoms with Gasteiger partial charge in [-0.25, -0.2) is 4.79 Å². The average Bonchev–Trinajstić information content (AvgIpc) is 3.21. The normalized spacial score (nSPS) is 26.1. The smallest absolute Gasteiger partial charge is 0.355 e. The first-order chi connectivity index (χ1) is 14.2. The van der Waals surface area contributed by atoms with Crippen LogP contribution in [0.25, 0.3) is 0 Å². The minimum atomic E-state index is -0.581. The molecular weight excluding hydrogens is 378 g/mol. The van der Waals surface area contributed by atoms with E-state index >= 15 is 0 Å². The zero-order valence-corrected chi connectivity index (χ0v) is 18.3. The summed E-state index contributed by atoms with van der Waals surface area (Å²) in [6.07, 6.45) is 11.5. The second kappa shape index (κ2) is 8.90. The first-order valence-electron chi connectivity index (χ1n) is 10.4. The molecule has 0 bridgehead atoms. The fourth-order valence-corrected chi connectivity index (χ4v) is 4.16. The average molecular weight is 410 g/mol. The van der Waals surface area contributed by atoms with Gasteiger partial charge in [-0.1, -0.05) is 29.9 Å². The van der Waals surface area contributed by atoms with Gasteiger partial charge in [0.25, 0.3) is 0 Å². The summed E-state index contributed by atoms with van der Waals surface area (Å²) in [5, 5.41) is 0. The molecule has 2 aliphatic rings. The molecule has 1 aliphatic carbocycles. The van der Waals surface area contributed by atoms with Crippen molar-refractivity contribution in [1.29, 1.82) is 0 Å². The summed E-state index contributed by atoms with van der Waals surface area (Å²) in [5.74, 6) is -0.618. The highest BCUT2D eigenvalue weighted by Gasteiger charge is 2.52. The minimum Gasteiger partial charge on any atom is -0.457 e. The Morgan fingerprint density at radius 3 is 2.83 bits per heavy atom. The zero-order chi connectivity index (χ0) is 21.9. The van der Waals surface area contributed by atoms with Crippen molar-refractivity contribution in [2.45, 2.75) is 58.7 Å². The number of carbonyl (C=O) groups excluding carboxylic acids is 2. The van der Waals surface area contributed by atoms with Crippen LogP contribution in [0.2, 0.25) is 0 Å². The van der Waals surface area contributed by atoms with E-state index in [2.05, 4.69) is 33.4 Å². The van der Waals surface area contributed by atoms with Crippen molar-refractivity contribution in [2.24, 2.45) is 12.5 Å². The highest BCUT2D eigenvalue weighted by atomic mass is 16.6. The molecule has 1 spiro atoms. The number of hydrogen-bond acceptors (Lipinski definition) is 4. The largest absolute Gasteiger partial charge is 0.457 e. The fourth-order valence-electron chi connectivity index (χ4n) is 4.16. The summed E-state index contributed by atoms with van der Waals surface area (Å²) in [7, 11) is 1.80. The Bertz CT molecular complexity index is 929. The summed E-state index contributed by atoms with van der Waals surface area (Å²) in [4.78, 5) is 24.8. The highest BCUT2D eigenvalue weighted by Crippen LogP contribution is 2.49. The van der Waals surface area contributed by atoms with E-state index in [-0.39, 0.29) is 18.4 Å². The number of nitrogens with zero attached hydrogens (tertiary/aromatic N) is 1. The molecule has 1 aromatic rings. The summed E-state index contributed by atoms with van der Waals surface area (Å²) in [6, 6.07) is 3.53. The zero-order valence-electron chi connectivity index (χ0n) is 18.3. The van der Waals surface area contributed by atoms with E-state index in [0.29, 0.717) is 12.1 Å². The Morgan fingerprint density at radius 2 is 2.17 bits per heavy atom. The van der Waals surface area contributed by atoms with Gasteiger partial charge in [-0.15, -0.1) is 0 Å². The molecule has 2 heterocycles. The third-order valence-corrected chi connectivity index (χ3v) is 5.92. The number of allylic oxidation sites excluding steroid dienone is 4. The Kier molecular flexibility index (Phi) is 6.49. The van der Waals surface area contributed by atoms with Gasteiger partial charge in [-0.3, -0.25) is 4.79 Å². The molecular formula is C25H31NO4. The van der Waals surface area contributed by atoms with Gasteiger partial charge < -0.3 is 14.0 Å². The molecule has 0 aromatic carbocycles. The maximum atomic E-state index is 12.6. The monoisotopic (exact) mass is 409 g/mol. The molecule has 1 aromatic heterocycles. The summed E-state index contributed by atoms with van der Waals surface area (Å²) in [6.45, 7) is 10.4. The fraction of sp³-hybridized carbons (Fsp3) is 0.440. The van der Waals surface area contributed by atoms with Crippen LogP contribution in [0.4, 0.5) is 0 Å². The van der Waals surface area contributed by atoms with Crippen LogP contribution in [-0.2, 0) is 21.3 Å². The van der Waals surface area contributed by atoms with E-state index in [4.69, 9.17) is 9.47 Å². The molecule has 30 heavy (non-hydrogen) atoms. The Morgan fingerprint density at radius 1 is 1.40 bits per heavy atom. The maximum Gasteiger partial charge on any atom is 0.355 e. The molecule has 1 aliphatic heterocycles. The van der Waals surface area contributed by atoms with Crippen molar-refractivity contribution in [3.05, 3.63) is 71.6 Å². The Balaban J connectivity index is 1.77. The molecule has 5 nitrogen and oxygen atoms in total. The predicted octanol–water partition coefficient (Wildman–Crippen LogP) is 5.06. The third kappa shape index (κ3) is 4.66. The molecule has 0 saturated carbocycles. The van der Waals surface area contributed by atoms with Gasteiger partial charge in [-0.2, -0.15) is 0 Å². The van der Waals surface area contributed by atoms with Crippen LogP contribution in [0, 0.1) is 5.41 Å². The van der Waals surface area contributed by atoms with Gasteiger partial charge >= 0.3 is 11.9 Å². The number of aryl methyl sites for hydroxylation is 1. The predicted molar refractivity (Wildman–Crippen MR) is 117 cm³/mol. The van der Waals surface area contributed by atoms with Crippen LogP contribution in [0.3, 0.4) is 0 Å². The number of ether oxygens (including phenoxy) is 2. The Hall–Kier alpha value is -2.82. The van der Waals surface area contributed by atoms with E-state index in [1.165, 1.54) is 11.1 Å². The molecule has 1 fully saturated rings. The van der Waals surface area contributed by atoms with E-state index in [0.717, 1.165) is 18.4 Å². The van der Waals surface area contributed by atoms with Crippen LogP contribution in [0.15, 0.2) is 65.9 Å². The van der Waals surface area contributed by atoms with Crippen molar-refractivity contribution >= 4 is 11.9 Å². The summed E-state index contributed by atoms with van der Waals surface area (Å²) >= 11 is 0. The topological polar surface area (TPSA) is 57.5 Å². The van der Waals surface area contributed by atoms with Crippen LogP contribution >= 0.6 is 0 Å².